The van der Waals surface area contributed by atoms with Gasteiger partial charge in [-0.1, -0.05) is 13.8 Å². The van der Waals surface area contributed by atoms with Gasteiger partial charge in [-0.3, -0.25) is 9.67 Å². The smallest absolute Gasteiger partial charge is 0.193 e. The van der Waals surface area contributed by atoms with E-state index in [2.05, 4.69) is 69.4 Å². The lowest BCUT2D eigenvalue weighted by Crippen LogP contribution is -2.38. The van der Waals surface area contributed by atoms with Gasteiger partial charge < -0.3 is 15.1 Å². The van der Waals surface area contributed by atoms with Crippen molar-refractivity contribution in [3.05, 3.63) is 41.3 Å². The highest BCUT2D eigenvalue weighted by Crippen LogP contribution is 2.20. The number of piperidine rings is 1. The van der Waals surface area contributed by atoms with Crippen LogP contribution in [0.3, 0.4) is 0 Å². The summed E-state index contributed by atoms with van der Waals surface area (Å²) in [4.78, 5) is 13.6. The van der Waals surface area contributed by atoms with Gasteiger partial charge in [0.05, 0.1) is 5.69 Å². The standard InChI is InChI=1S/C22H35N7.HI/c1-17(2)21-19(16-28(5)26-21)15-27(4)22(23-3)25-14-18-9-10-24-20(13-18)29-11-7-6-8-12-29;/h9-10,13,16-17H,6-8,11-12,14-15H2,1-5H3,(H,23,25);1H. The second-order valence-electron chi connectivity index (χ2n) is 8.19. The Hall–Kier alpha value is -1.84. The number of anilines is 1. The first kappa shape index (κ1) is 24.4. The van der Waals surface area contributed by atoms with Gasteiger partial charge in [0.1, 0.15) is 5.82 Å². The van der Waals surface area contributed by atoms with Crippen LogP contribution in [-0.4, -0.2) is 52.8 Å². The molecule has 0 saturated carbocycles. The number of nitrogens with zero attached hydrogens (tertiary/aromatic N) is 6. The van der Waals surface area contributed by atoms with Crippen molar-refractivity contribution >= 4 is 35.8 Å². The van der Waals surface area contributed by atoms with E-state index in [1.807, 2.05) is 25.0 Å². The molecule has 0 bridgehead atoms. The summed E-state index contributed by atoms with van der Waals surface area (Å²) >= 11 is 0. The van der Waals surface area contributed by atoms with Crippen LogP contribution in [0.25, 0.3) is 0 Å². The number of nitrogens with one attached hydrogen (secondary N) is 1. The lowest BCUT2D eigenvalue weighted by molar-refractivity contribution is 0.473. The van der Waals surface area contributed by atoms with E-state index < -0.39 is 0 Å². The normalized spacial score (nSPS) is 14.6. The van der Waals surface area contributed by atoms with Crippen LogP contribution in [0.4, 0.5) is 5.82 Å². The minimum atomic E-state index is 0. The van der Waals surface area contributed by atoms with Gasteiger partial charge in [0.2, 0.25) is 0 Å². The van der Waals surface area contributed by atoms with E-state index in [0.717, 1.165) is 43.7 Å². The number of rotatable bonds is 6. The predicted molar refractivity (Wildman–Crippen MR) is 135 cm³/mol. The van der Waals surface area contributed by atoms with Crippen LogP contribution in [0.15, 0.2) is 29.5 Å². The van der Waals surface area contributed by atoms with E-state index in [9.17, 15) is 0 Å². The zero-order valence-corrected chi connectivity index (χ0v) is 21.3. The van der Waals surface area contributed by atoms with E-state index in [1.54, 1.807) is 0 Å². The average Bonchev–Trinajstić information content (AvgIpc) is 3.09. The quantitative estimate of drug-likeness (QED) is 0.354. The third-order valence-electron chi connectivity index (χ3n) is 5.41. The summed E-state index contributed by atoms with van der Waals surface area (Å²) in [6.45, 7) is 8.08. The molecule has 3 rings (SSSR count). The zero-order chi connectivity index (χ0) is 20.8. The maximum Gasteiger partial charge on any atom is 0.193 e. The van der Waals surface area contributed by atoms with E-state index in [1.165, 1.54) is 30.4 Å². The summed E-state index contributed by atoms with van der Waals surface area (Å²) in [6.07, 6.45) is 7.86. The van der Waals surface area contributed by atoms with Gasteiger partial charge in [0, 0.05) is 65.3 Å². The molecule has 1 N–H and O–H groups in total. The molecule has 8 heteroatoms. The Labute approximate surface area is 198 Å². The first-order valence-corrected chi connectivity index (χ1v) is 10.6. The molecule has 0 unspecified atom stereocenters. The van der Waals surface area contributed by atoms with Crippen molar-refractivity contribution in [2.24, 2.45) is 12.0 Å². The minimum absolute atomic E-state index is 0. The Balaban J connectivity index is 0.00000320. The SMILES string of the molecule is CN=C(NCc1ccnc(N2CCCCC2)c1)N(C)Cc1cn(C)nc1C(C)C.I. The van der Waals surface area contributed by atoms with E-state index in [0.29, 0.717) is 5.92 Å². The molecular formula is C22H36IN7. The van der Waals surface area contributed by atoms with Crippen LogP contribution in [0, 0.1) is 0 Å². The Morgan fingerprint density at radius 1 is 1.27 bits per heavy atom. The lowest BCUT2D eigenvalue weighted by Gasteiger charge is -2.28. The fourth-order valence-corrected chi connectivity index (χ4v) is 3.93. The molecule has 0 radical (unpaired) electrons. The maximum absolute atomic E-state index is 4.61. The molecule has 2 aromatic heterocycles. The van der Waals surface area contributed by atoms with Gasteiger partial charge in [0.15, 0.2) is 5.96 Å². The molecular weight excluding hydrogens is 489 g/mol. The van der Waals surface area contributed by atoms with Crippen molar-refractivity contribution in [1.82, 2.24) is 25.0 Å². The molecule has 30 heavy (non-hydrogen) atoms. The fourth-order valence-electron chi connectivity index (χ4n) is 3.93. The van der Waals surface area contributed by atoms with Crippen molar-refractivity contribution in [2.45, 2.75) is 52.1 Å². The molecule has 0 amide bonds. The van der Waals surface area contributed by atoms with Crippen LogP contribution < -0.4 is 10.2 Å². The highest BCUT2D eigenvalue weighted by molar-refractivity contribution is 14.0. The summed E-state index contributed by atoms with van der Waals surface area (Å²) in [6, 6.07) is 4.27. The summed E-state index contributed by atoms with van der Waals surface area (Å²) in [5.74, 6) is 2.36. The molecule has 1 saturated heterocycles. The fraction of sp³-hybridized carbons (Fsp3) is 0.591. The Morgan fingerprint density at radius 2 is 2.00 bits per heavy atom. The molecule has 3 heterocycles. The average molecular weight is 525 g/mol. The van der Waals surface area contributed by atoms with Gasteiger partial charge in [0.25, 0.3) is 0 Å². The van der Waals surface area contributed by atoms with Crippen LogP contribution >= 0.6 is 24.0 Å². The lowest BCUT2D eigenvalue weighted by atomic mass is 10.1. The highest BCUT2D eigenvalue weighted by Gasteiger charge is 2.16. The second-order valence-corrected chi connectivity index (χ2v) is 8.19. The summed E-state index contributed by atoms with van der Waals surface area (Å²) < 4.78 is 1.90. The monoisotopic (exact) mass is 525 g/mol. The Morgan fingerprint density at radius 3 is 2.67 bits per heavy atom. The largest absolute Gasteiger partial charge is 0.357 e. The number of aryl methyl sites for hydroxylation is 1. The van der Waals surface area contributed by atoms with Gasteiger partial charge >= 0.3 is 0 Å². The minimum Gasteiger partial charge on any atom is -0.357 e. The van der Waals surface area contributed by atoms with Crippen LogP contribution in [0.2, 0.25) is 0 Å². The maximum atomic E-state index is 4.61. The molecule has 2 aromatic rings. The zero-order valence-electron chi connectivity index (χ0n) is 18.9. The predicted octanol–water partition coefficient (Wildman–Crippen LogP) is 3.75. The van der Waals surface area contributed by atoms with E-state index in [4.69, 9.17) is 0 Å². The number of hydrogen-bond donors (Lipinski definition) is 1. The summed E-state index contributed by atoms with van der Waals surface area (Å²) in [5.41, 5.74) is 3.61. The molecule has 0 aliphatic carbocycles. The second kappa shape index (κ2) is 11.5. The van der Waals surface area contributed by atoms with Crippen molar-refractivity contribution in [2.75, 3.05) is 32.1 Å². The molecule has 1 fully saturated rings. The molecule has 7 nitrogen and oxygen atoms in total. The van der Waals surface area contributed by atoms with Crippen molar-refractivity contribution in [3.8, 4) is 0 Å². The Kier molecular flexibility index (Phi) is 9.38. The van der Waals surface area contributed by atoms with Gasteiger partial charge in [-0.15, -0.1) is 24.0 Å². The first-order valence-electron chi connectivity index (χ1n) is 10.6. The molecule has 1 aliphatic heterocycles. The van der Waals surface area contributed by atoms with E-state index in [-0.39, 0.29) is 24.0 Å². The van der Waals surface area contributed by atoms with Crippen LogP contribution in [-0.2, 0) is 20.1 Å². The van der Waals surface area contributed by atoms with Gasteiger partial charge in [-0.2, -0.15) is 5.10 Å². The van der Waals surface area contributed by atoms with Crippen LogP contribution in [0.1, 0.15) is 55.8 Å². The Bertz CT molecular complexity index is 825. The summed E-state index contributed by atoms with van der Waals surface area (Å²) in [5, 5.41) is 8.11. The van der Waals surface area contributed by atoms with Crippen molar-refractivity contribution in [3.63, 3.8) is 0 Å². The number of aromatic nitrogens is 3. The third kappa shape index (κ3) is 6.33. The number of guanidine groups is 1. The van der Waals surface area contributed by atoms with Crippen molar-refractivity contribution in [1.29, 1.82) is 0 Å². The topological polar surface area (TPSA) is 61.6 Å². The molecule has 1 aliphatic rings. The first-order chi connectivity index (χ1) is 14.0. The number of hydrogen-bond acceptors (Lipinski definition) is 4. The number of aliphatic imine (C=N–C) groups is 1. The number of halogens is 1. The van der Waals surface area contributed by atoms with Gasteiger partial charge in [-0.25, -0.2) is 4.98 Å². The summed E-state index contributed by atoms with van der Waals surface area (Å²) in [7, 11) is 5.88. The molecule has 0 aromatic carbocycles. The molecule has 166 valence electrons. The highest BCUT2D eigenvalue weighted by atomic mass is 127. The van der Waals surface area contributed by atoms with Crippen LogP contribution in [0.5, 0.6) is 0 Å². The molecule has 0 atom stereocenters. The van der Waals surface area contributed by atoms with E-state index >= 15 is 0 Å². The van der Waals surface area contributed by atoms with Gasteiger partial charge in [-0.05, 0) is 42.9 Å². The number of pyridine rings is 1. The third-order valence-corrected chi connectivity index (χ3v) is 5.41. The van der Waals surface area contributed by atoms with Crippen molar-refractivity contribution < 1.29 is 0 Å². The molecule has 0 spiro atoms.